The highest BCUT2D eigenvalue weighted by atomic mass is 79.9. The van der Waals surface area contributed by atoms with Crippen LogP contribution >= 0.6 is 43.5 Å². The minimum Gasteiger partial charge on any atom is -0.313 e. The molecule has 1 N–H and O–H groups in total. The number of rotatable bonds is 4. The fourth-order valence-corrected chi connectivity index (χ4v) is 3.46. The van der Waals surface area contributed by atoms with Crippen LogP contribution in [0, 0.1) is 0 Å². The molecule has 1 unspecified atom stereocenters. The molecule has 100 valence electrons. The quantitative estimate of drug-likeness (QED) is 0.724. The summed E-state index contributed by atoms with van der Waals surface area (Å²) in [7, 11) is 1.98. The first-order chi connectivity index (χ1) is 9.10. The Morgan fingerprint density at radius 3 is 2.58 bits per heavy atom. The fraction of sp³-hybridized carbons (Fsp3) is 0.200. The lowest BCUT2D eigenvalue weighted by Gasteiger charge is -2.18. The van der Waals surface area contributed by atoms with Gasteiger partial charge in [0.25, 0.3) is 0 Å². The standard InChI is InChI=1S/C15H14Br2ClN/c1-19-15(8-10-3-2-4-11(16)7-10)13-6-5-12(18)9-14(13)17/h2-7,9,15,19H,8H2,1H3. The zero-order valence-electron chi connectivity index (χ0n) is 10.5. The van der Waals surface area contributed by atoms with E-state index in [1.54, 1.807) is 0 Å². The number of hydrogen-bond donors (Lipinski definition) is 1. The number of hydrogen-bond acceptors (Lipinski definition) is 1. The molecule has 0 aliphatic heterocycles. The summed E-state index contributed by atoms with van der Waals surface area (Å²) >= 11 is 13.1. The minimum atomic E-state index is 0.251. The molecule has 0 aliphatic carbocycles. The van der Waals surface area contributed by atoms with Gasteiger partial charge in [-0.25, -0.2) is 0 Å². The lowest BCUT2D eigenvalue weighted by Crippen LogP contribution is -2.19. The van der Waals surface area contributed by atoms with Crippen molar-refractivity contribution in [3.63, 3.8) is 0 Å². The number of likely N-dealkylation sites (N-methyl/N-ethyl adjacent to an activating group) is 1. The largest absolute Gasteiger partial charge is 0.313 e. The van der Waals surface area contributed by atoms with Gasteiger partial charge in [-0.2, -0.15) is 0 Å². The summed E-state index contributed by atoms with van der Waals surface area (Å²) in [5, 5.41) is 4.10. The van der Waals surface area contributed by atoms with E-state index in [1.807, 2.05) is 25.2 Å². The second kappa shape index (κ2) is 6.89. The Bertz CT molecular complexity index is 572. The fourth-order valence-electron chi connectivity index (χ4n) is 2.05. The van der Waals surface area contributed by atoms with Gasteiger partial charge in [-0.1, -0.05) is 61.7 Å². The van der Waals surface area contributed by atoms with Crippen LogP contribution in [0.4, 0.5) is 0 Å². The predicted molar refractivity (Wildman–Crippen MR) is 88.8 cm³/mol. The van der Waals surface area contributed by atoms with E-state index >= 15 is 0 Å². The lowest BCUT2D eigenvalue weighted by molar-refractivity contribution is 0.589. The molecule has 1 atom stereocenters. The van der Waals surface area contributed by atoms with Crippen LogP contribution in [0.25, 0.3) is 0 Å². The van der Waals surface area contributed by atoms with Gasteiger partial charge in [-0.05, 0) is 48.9 Å². The first-order valence-corrected chi connectivity index (χ1v) is 7.93. The number of nitrogens with one attached hydrogen (secondary N) is 1. The van der Waals surface area contributed by atoms with Gasteiger partial charge in [0.1, 0.15) is 0 Å². The van der Waals surface area contributed by atoms with Crippen LogP contribution < -0.4 is 5.32 Å². The normalized spacial score (nSPS) is 12.4. The molecule has 1 nitrogen and oxygen atoms in total. The van der Waals surface area contributed by atoms with Gasteiger partial charge in [0, 0.05) is 20.0 Å². The summed E-state index contributed by atoms with van der Waals surface area (Å²) in [6.07, 6.45) is 0.927. The molecule has 0 saturated carbocycles. The summed E-state index contributed by atoms with van der Waals surface area (Å²) in [5.74, 6) is 0. The van der Waals surface area contributed by atoms with Crippen molar-refractivity contribution in [3.8, 4) is 0 Å². The average molecular weight is 404 g/mol. The predicted octanol–water partition coefficient (Wildman–Crippen LogP) is 5.37. The highest BCUT2D eigenvalue weighted by Crippen LogP contribution is 2.29. The summed E-state index contributed by atoms with van der Waals surface area (Å²) < 4.78 is 2.14. The molecule has 2 rings (SSSR count). The summed E-state index contributed by atoms with van der Waals surface area (Å²) in [6.45, 7) is 0. The van der Waals surface area contributed by atoms with Crippen LogP contribution in [0.5, 0.6) is 0 Å². The Kier molecular flexibility index (Phi) is 5.46. The van der Waals surface area contributed by atoms with E-state index in [0.29, 0.717) is 0 Å². The topological polar surface area (TPSA) is 12.0 Å². The van der Waals surface area contributed by atoms with E-state index in [9.17, 15) is 0 Å². The Morgan fingerprint density at radius 2 is 1.95 bits per heavy atom. The molecule has 2 aromatic rings. The molecule has 0 fully saturated rings. The van der Waals surface area contributed by atoms with Crippen molar-refractivity contribution in [3.05, 3.63) is 67.6 Å². The van der Waals surface area contributed by atoms with Gasteiger partial charge < -0.3 is 5.32 Å². The second-order valence-corrected chi connectivity index (χ2v) is 6.55. The third-order valence-electron chi connectivity index (χ3n) is 3.02. The Labute approximate surface area is 135 Å². The molecule has 0 saturated heterocycles. The molecule has 0 aliphatic rings. The van der Waals surface area contributed by atoms with Gasteiger partial charge in [-0.3, -0.25) is 0 Å². The molecule has 4 heteroatoms. The molecule has 0 heterocycles. The maximum Gasteiger partial charge on any atom is 0.0417 e. The molecule has 0 amide bonds. The molecule has 19 heavy (non-hydrogen) atoms. The number of halogens is 3. The molecule has 0 aromatic heterocycles. The summed E-state index contributed by atoms with van der Waals surface area (Å²) in [6, 6.07) is 14.5. The first-order valence-electron chi connectivity index (χ1n) is 5.97. The first kappa shape index (κ1) is 15.0. The van der Waals surface area contributed by atoms with Crippen LogP contribution in [-0.4, -0.2) is 7.05 Å². The summed E-state index contributed by atoms with van der Waals surface area (Å²) in [5.41, 5.74) is 2.50. The second-order valence-electron chi connectivity index (χ2n) is 4.34. The average Bonchev–Trinajstić information content (AvgIpc) is 2.37. The Balaban J connectivity index is 2.25. The smallest absolute Gasteiger partial charge is 0.0417 e. The molecule has 0 spiro atoms. The third kappa shape index (κ3) is 4.06. The number of benzene rings is 2. The van der Waals surface area contributed by atoms with Crippen molar-refractivity contribution in [2.75, 3.05) is 7.05 Å². The van der Waals surface area contributed by atoms with Crippen molar-refractivity contribution in [2.45, 2.75) is 12.5 Å². The van der Waals surface area contributed by atoms with E-state index in [1.165, 1.54) is 11.1 Å². The van der Waals surface area contributed by atoms with Crippen molar-refractivity contribution in [1.29, 1.82) is 0 Å². The van der Waals surface area contributed by atoms with Crippen molar-refractivity contribution < 1.29 is 0 Å². The van der Waals surface area contributed by atoms with Crippen LogP contribution in [0.15, 0.2) is 51.4 Å². The molecule has 0 radical (unpaired) electrons. The summed E-state index contributed by atoms with van der Waals surface area (Å²) in [4.78, 5) is 0. The van der Waals surface area contributed by atoms with E-state index in [4.69, 9.17) is 11.6 Å². The van der Waals surface area contributed by atoms with Crippen LogP contribution in [0.2, 0.25) is 5.02 Å². The Morgan fingerprint density at radius 1 is 1.16 bits per heavy atom. The van der Waals surface area contributed by atoms with E-state index < -0.39 is 0 Å². The van der Waals surface area contributed by atoms with Crippen molar-refractivity contribution in [2.24, 2.45) is 0 Å². The maximum atomic E-state index is 5.99. The van der Waals surface area contributed by atoms with E-state index in [2.05, 4.69) is 61.4 Å². The molecular weight excluding hydrogens is 389 g/mol. The zero-order valence-corrected chi connectivity index (χ0v) is 14.4. The maximum absolute atomic E-state index is 5.99. The van der Waals surface area contributed by atoms with Crippen LogP contribution in [0.1, 0.15) is 17.2 Å². The van der Waals surface area contributed by atoms with Gasteiger partial charge in [0.15, 0.2) is 0 Å². The van der Waals surface area contributed by atoms with Crippen LogP contribution in [0.3, 0.4) is 0 Å². The molecular formula is C15H14Br2ClN. The lowest BCUT2D eigenvalue weighted by atomic mass is 9.99. The van der Waals surface area contributed by atoms with Gasteiger partial charge in [-0.15, -0.1) is 0 Å². The van der Waals surface area contributed by atoms with Gasteiger partial charge in [0.2, 0.25) is 0 Å². The third-order valence-corrected chi connectivity index (χ3v) is 4.43. The minimum absolute atomic E-state index is 0.251. The van der Waals surface area contributed by atoms with Crippen LogP contribution in [-0.2, 0) is 6.42 Å². The van der Waals surface area contributed by atoms with Crippen molar-refractivity contribution >= 4 is 43.5 Å². The Hall–Kier alpha value is -0.350. The van der Waals surface area contributed by atoms with Gasteiger partial charge >= 0.3 is 0 Å². The van der Waals surface area contributed by atoms with E-state index in [-0.39, 0.29) is 6.04 Å². The van der Waals surface area contributed by atoms with Gasteiger partial charge in [0.05, 0.1) is 0 Å². The van der Waals surface area contributed by atoms with Crippen molar-refractivity contribution in [1.82, 2.24) is 5.32 Å². The highest BCUT2D eigenvalue weighted by molar-refractivity contribution is 9.10. The van der Waals surface area contributed by atoms with E-state index in [0.717, 1.165) is 20.4 Å². The monoisotopic (exact) mass is 401 g/mol. The molecule has 0 bridgehead atoms. The SMILES string of the molecule is CNC(Cc1cccc(Br)c1)c1ccc(Cl)cc1Br. The zero-order chi connectivity index (χ0) is 13.8. The highest BCUT2D eigenvalue weighted by Gasteiger charge is 2.13. The molecule has 2 aromatic carbocycles.